The first-order chi connectivity index (χ1) is 15.0. The summed E-state index contributed by atoms with van der Waals surface area (Å²) in [5.74, 6) is 0.607. The lowest BCUT2D eigenvalue weighted by atomic mass is 10.1. The van der Waals surface area contributed by atoms with E-state index in [1.54, 1.807) is 38.3 Å². The van der Waals surface area contributed by atoms with E-state index in [0.717, 1.165) is 22.6 Å². The average molecular weight is 419 g/mol. The van der Waals surface area contributed by atoms with Crippen LogP contribution < -0.4 is 14.8 Å². The van der Waals surface area contributed by atoms with E-state index in [-0.39, 0.29) is 5.91 Å². The molecule has 160 valence electrons. The molecule has 31 heavy (non-hydrogen) atoms. The smallest absolute Gasteiger partial charge is 0.338 e. The third-order valence-electron chi connectivity index (χ3n) is 4.62. The van der Waals surface area contributed by atoms with Crippen LogP contribution in [0.25, 0.3) is 0 Å². The monoisotopic (exact) mass is 419 g/mol. The molecule has 0 bridgehead atoms. The lowest BCUT2D eigenvalue weighted by molar-refractivity contribution is -0.129. The summed E-state index contributed by atoms with van der Waals surface area (Å²) in [5.41, 5.74) is 2.21. The Morgan fingerprint density at radius 2 is 1.48 bits per heavy atom. The van der Waals surface area contributed by atoms with Crippen LogP contribution >= 0.6 is 0 Å². The maximum Gasteiger partial charge on any atom is 0.338 e. The molecule has 0 fully saturated rings. The average Bonchev–Trinajstić information content (AvgIpc) is 2.82. The molecular weight excluding hydrogens is 394 g/mol. The van der Waals surface area contributed by atoms with E-state index in [0.29, 0.717) is 18.7 Å². The molecule has 0 aromatic heterocycles. The van der Waals surface area contributed by atoms with E-state index >= 15 is 0 Å². The largest absolute Gasteiger partial charge is 0.497 e. The second-order valence-electron chi connectivity index (χ2n) is 6.91. The molecule has 6 nitrogen and oxygen atoms in total. The first kappa shape index (κ1) is 21.9. The summed E-state index contributed by atoms with van der Waals surface area (Å²) in [4.78, 5) is 24.6. The van der Waals surface area contributed by atoms with E-state index in [4.69, 9.17) is 14.2 Å². The van der Waals surface area contributed by atoms with Crippen molar-refractivity contribution in [2.45, 2.75) is 26.2 Å². The number of methoxy groups -OCH3 is 1. The Hall–Kier alpha value is -3.80. The Bertz CT molecular complexity index is 985. The van der Waals surface area contributed by atoms with Crippen molar-refractivity contribution < 1.29 is 23.8 Å². The minimum atomic E-state index is -0.910. The Morgan fingerprint density at radius 3 is 2.13 bits per heavy atom. The zero-order chi connectivity index (χ0) is 22.1. The number of benzene rings is 3. The van der Waals surface area contributed by atoms with E-state index in [1.165, 1.54) is 0 Å². The summed E-state index contributed by atoms with van der Waals surface area (Å²) < 4.78 is 16.1. The van der Waals surface area contributed by atoms with Gasteiger partial charge in [0.15, 0.2) is 6.10 Å². The highest BCUT2D eigenvalue weighted by molar-refractivity contribution is 5.92. The van der Waals surface area contributed by atoms with Gasteiger partial charge in [0.25, 0.3) is 5.91 Å². The van der Waals surface area contributed by atoms with E-state index in [9.17, 15) is 9.59 Å². The number of nitrogens with one attached hydrogen (secondary N) is 1. The van der Waals surface area contributed by atoms with Gasteiger partial charge in [-0.15, -0.1) is 0 Å². The molecule has 0 radical (unpaired) electrons. The van der Waals surface area contributed by atoms with Gasteiger partial charge in [0.2, 0.25) is 0 Å². The summed E-state index contributed by atoms with van der Waals surface area (Å²) >= 11 is 0. The fourth-order valence-electron chi connectivity index (χ4n) is 2.78. The summed E-state index contributed by atoms with van der Waals surface area (Å²) in [6.07, 6.45) is -0.910. The first-order valence-electron chi connectivity index (χ1n) is 9.93. The van der Waals surface area contributed by atoms with Crippen LogP contribution in [0.15, 0.2) is 78.9 Å². The van der Waals surface area contributed by atoms with Crippen LogP contribution in [-0.4, -0.2) is 25.1 Å². The number of amides is 1. The van der Waals surface area contributed by atoms with Gasteiger partial charge in [0.1, 0.15) is 18.1 Å². The van der Waals surface area contributed by atoms with Crippen molar-refractivity contribution in [3.8, 4) is 11.5 Å². The topological polar surface area (TPSA) is 73.9 Å². The van der Waals surface area contributed by atoms with Gasteiger partial charge in [-0.05, 0) is 54.4 Å². The molecule has 6 heteroatoms. The molecule has 0 spiro atoms. The summed E-state index contributed by atoms with van der Waals surface area (Å²) in [6.45, 7) is 2.27. The van der Waals surface area contributed by atoms with Crippen LogP contribution in [0, 0.1) is 0 Å². The maximum absolute atomic E-state index is 12.3. The van der Waals surface area contributed by atoms with Crippen molar-refractivity contribution >= 4 is 11.9 Å². The molecule has 0 aliphatic rings. The molecule has 0 saturated heterocycles. The van der Waals surface area contributed by atoms with Crippen LogP contribution in [0.3, 0.4) is 0 Å². The lowest BCUT2D eigenvalue weighted by Gasteiger charge is -2.14. The van der Waals surface area contributed by atoms with Gasteiger partial charge in [-0.3, -0.25) is 4.79 Å². The van der Waals surface area contributed by atoms with Crippen molar-refractivity contribution in [3.63, 3.8) is 0 Å². The Kier molecular flexibility index (Phi) is 7.65. The first-order valence-corrected chi connectivity index (χ1v) is 9.93. The van der Waals surface area contributed by atoms with Gasteiger partial charge in [0, 0.05) is 6.54 Å². The van der Waals surface area contributed by atoms with Crippen LogP contribution in [0.4, 0.5) is 0 Å². The Labute approximate surface area is 181 Å². The molecule has 0 aliphatic carbocycles. The van der Waals surface area contributed by atoms with Crippen LogP contribution in [0.1, 0.15) is 28.4 Å². The Morgan fingerprint density at radius 1 is 0.839 bits per heavy atom. The van der Waals surface area contributed by atoms with Gasteiger partial charge >= 0.3 is 5.97 Å². The minimum Gasteiger partial charge on any atom is -0.497 e. The molecule has 3 rings (SSSR count). The highest BCUT2D eigenvalue weighted by atomic mass is 16.5. The van der Waals surface area contributed by atoms with Crippen molar-refractivity contribution in [3.05, 3.63) is 95.6 Å². The molecule has 3 aromatic rings. The second-order valence-corrected chi connectivity index (χ2v) is 6.91. The summed E-state index contributed by atoms with van der Waals surface area (Å²) in [5, 5.41) is 2.76. The minimum absolute atomic E-state index is 0.334. The van der Waals surface area contributed by atoms with Crippen molar-refractivity contribution in [2.24, 2.45) is 0 Å². The van der Waals surface area contributed by atoms with Crippen LogP contribution in [0.2, 0.25) is 0 Å². The molecule has 1 amide bonds. The van der Waals surface area contributed by atoms with E-state index < -0.39 is 12.1 Å². The molecule has 0 aliphatic heterocycles. The van der Waals surface area contributed by atoms with Gasteiger partial charge in [-0.25, -0.2) is 4.79 Å². The van der Waals surface area contributed by atoms with Crippen molar-refractivity contribution in [2.75, 3.05) is 7.11 Å². The SMILES string of the molecule is COc1ccc(CNC(=O)[C@H](C)OC(=O)c2ccc(COc3ccccc3)cc2)cc1. The van der Waals surface area contributed by atoms with E-state index in [1.807, 2.05) is 54.6 Å². The molecule has 0 heterocycles. The molecule has 0 unspecified atom stereocenters. The molecule has 1 N–H and O–H groups in total. The molecular formula is C25H25NO5. The summed E-state index contributed by atoms with van der Waals surface area (Å²) in [6, 6.07) is 23.8. The van der Waals surface area contributed by atoms with Crippen molar-refractivity contribution in [1.82, 2.24) is 5.32 Å². The highest BCUT2D eigenvalue weighted by Crippen LogP contribution is 2.14. The standard InChI is InChI=1S/C25H25NO5/c1-18(24(27)26-16-19-10-14-22(29-2)15-11-19)31-25(28)21-12-8-20(9-13-21)17-30-23-6-4-3-5-7-23/h3-15,18H,16-17H2,1-2H3,(H,26,27)/t18-/m0/s1. The Balaban J connectivity index is 1.46. The van der Waals surface area contributed by atoms with Crippen LogP contribution in [-0.2, 0) is 22.7 Å². The fourth-order valence-corrected chi connectivity index (χ4v) is 2.78. The zero-order valence-electron chi connectivity index (χ0n) is 17.5. The number of para-hydroxylation sites is 1. The number of rotatable bonds is 9. The predicted molar refractivity (Wildman–Crippen MR) is 117 cm³/mol. The second kappa shape index (κ2) is 10.8. The van der Waals surface area contributed by atoms with Gasteiger partial charge in [-0.2, -0.15) is 0 Å². The number of ether oxygens (including phenoxy) is 3. The van der Waals surface area contributed by atoms with Gasteiger partial charge < -0.3 is 19.5 Å². The summed E-state index contributed by atoms with van der Waals surface area (Å²) in [7, 11) is 1.60. The highest BCUT2D eigenvalue weighted by Gasteiger charge is 2.18. The fraction of sp³-hybridized carbons (Fsp3) is 0.200. The molecule has 0 saturated carbocycles. The number of hydrogen-bond donors (Lipinski definition) is 1. The van der Waals surface area contributed by atoms with Crippen molar-refractivity contribution in [1.29, 1.82) is 0 Å². The van der Waals surface area contributed by atoms with Crippen LogP contribution in [0.5, 0.6) is 11.5 Å². The predicted octanol–water partition coefficient (Wildman–Crippen LogP) is 4.14. The lowest BCUT2D eigenvalue weighted by Crippen LogP contribution is -2.35. The maximum atomic E-state index is 12.3. The molecule has 3 aromatic carbocycles. The van der Waals surface area contributed by atoms with Gasteiger partial charge in [-0.1, -0.05) is 42.5 Å². The quantitative estimate of drug-likeness (QED) is 0.528. The third kappa shape index (κ3) is 6.60. The van der Waals surface area contributed by atoms with E-state index in [2.05, 4.69) is 5.32 Å². The number of carbonyl (C=O) groups excluding carboxylic acids is 2. The normalized spacial score (nSPS) is 11.3. The van der Waals surface area contributed by atoms with Gasteiger partial charge in [0.05, 0.1) is 12.7 Å². The third-order valence-corrected chi connectivity index (χ3v) is 4.62. The zero-order valence-corrected chi connectivity index (χ0v) is 17.5. The number of esters is 1. The number of carbonyl (C=O) groups is 2. The molecule has 1 atom stereocenters. The number of hydrogen-bond acceptors (Lipinski definition) is 5.